The molecule has 3 unspecified atom stereocenters. The Bertz CT molecular complexity index is 850. The molecular weight excluding hydrogens is 363 g/mol. The Hall–Kier alpha value is -2.23. The molecule has 27 heavy (non-hydrogen) atoms. The lowest BCUT2D eigenvalue weighted by atomic mass is 9.89. The van der Waals surface area contributed by atoms with Crippen LogP contribution in [-0.4, -0.2) is 21.3 Å². The van der Waals surface area contributed by atoms with E-state index in [1.165, 1.54) is 6.92 Å². The molecule has 3 N–H and O–H groups in total. The molecule has 0 bridgehead atoms. The number of carbonyl (C=O) groups is 1. The van der Waals surface area contributed by atoms with Crippen LogP contribution in [0.25, 0.3) is 0 Å². The van der Waals surface area contributed by atoms with Gasteiger partial charge in [0.15, 0.2) is 0 Å². The predicted octanol–water partition coefficient (Wildman–Crippen LogP) is 4.37. The van der Waals surface area contributed by atoms with Crippen molar-refractivity contribution in [1.82, 2.24) is 0 Å². The lowest BCUT2D eigenvalue weighted by molar-refractivity contribution is -0.138. The lowest BCUT2D eigenvalue weighted by Gasteiger charge is -2.17. The molecule has 0 aromatic heterocycles. The molecule has 0 aliphatic rings. The number of aryl methyl sites for hydroxylation is 2. The molecule has 0 radical (unpaired) electrons. The molecule has 144 valence electrons. The van der Waals surface area contributed by atoms with Crippen LogP contribution < -0.4 is 0 Å². The lowest BCUT2D eigenvalue weighted by Crippen LogP contribution is -2.14. The first-order valence-electron chi connectivity index (χ1n) is 8.87. The van der Waals surface area contributed by atoms with Crippen LogP contribution in [0, 0.1) is 13.8 Å². The number of phenols is 1. The second kappa shape index (κ2) is 8.20. The first-order valence-corrected chi connectivity index (χ1v) is 9.78. The molecule has 0 spiro atoms. The van der Waals surface area contributed by atoms with E-state index in [9.17, 15) is 24.7 Å². The fourth-order valence-corrected chi connectivity index (χ4v) is 3.60. The highest BCUT2D eigenvalue weighted by atomic mass is 31.1. The summed E-state index contributed by atoms with van der Waals surface area (Å²) in [4.78, 5) is 11.5. The van der Waals surface area contributed by atoms with Gasteiger partial charge in [0.2, 0.25) is 0 Å². The maximum Gasteiger partial charge on any atom is 0.364 e. The smallest absolute Gasteiger partial charge is 0.364 e. The van der Waals surface area contributed by atoms with Gasteiger partial charge in [-0.3, -0.25) is 4.79 Å². The molecular formula is C21H26O5P+. The van der Waals surface area contributed by atoms with Crippen molar-refractivity contribution in [2.75, 3.05) is 0 Å². The molecule has 6 heteroatoms. The second-order valence-corrected chi connectivity index (χ2v) is 8.31. The van der Waals surface area contributed by atoms with Gasteiger partial charge in [0, 0.05) is 18.1 Å². The molecule has 0 amide bonds. The summed E-state index contributed by atoms with van der Waals surface area (Å²) < 4.78 is 11.3. The zero-order valence-corrected chi connectivity index (χ0v) is 17.0. The average Bonchev–Trinajstić information content (AvgIpc) is 2.60. The number of carboxylic acid groups (broad SMARTS) is 1. The quantitative estimate of drug-likeness (QED) is 0.612. The highest BCUT2D eigenvalue weighted by Crippen LogP contribution is 2.35. The third-order valence-corrected chi connectivity index (χ3v) is 5.70. The molecule has 2 rings (SSSR count). The van der Waals surface area contributed by atoms with Crippen molar-refractivity contribution in [1.29, 1.82) is 0 Å². The van der Waals surface area contributed by atoms with E-state index in [0.717, 1.165) is 22.3 Å². The van der Waals surface area contributed by atoms with Gasteiger partial charge in [-0.25, -0.2) is 0 Å². The zero-order chi connectivity index (χ0) is 20.4. The Morgan fingerprint density at radius 1 is 1.19 bits per heavy atom. The van der Waals surface area contributed by atoms with E-state index in [-0.39, 0.29) is 5.75 Å². The Labute approximate surface area is 160 Å². The molecule has 0 aliphatic heterocycles. The van der Waals surface area contributed by atoms with Crippen molar-refractivity contribution >= 4 is 14.4 Å². The molecule has 0 heterocycles. The second-order valence-electron chi connectivity index (χ2n) is 7.13. The first-order chi connectivity index (χ1) is 12.6. The minimum atomic E-state index is -1.38. The maximum atomic E-state index is 11.5. The number of benzene rings is 2. The van der Waals surface area contributed by atoms with Gasteiger partial charge in [0.25, 0.3) is 5.34 Å². The van der Waals surface area contributed by atoms with Crippen molar-refractivity contribution in [2.24, 2.45) is 0 Å². The maximum absolute atomic E-state index is 11.5. The number of phenolic OH excluding ortho intramolecular Hbond substituents is 1. The minimum absolute atomic E-state index is 0.00993. The van der Waals surface area contributed by atoms with Gasteiger partial charge in [-0.1, -0.05) is 23.6 Å². The zero-order valence-electron chi connectivity index (χ0n) is 16.0. The number of hydrogen-bond acceptors (Lipinski definition) is 4. The number of rotatable bonds is 7. The van der Waals surface area contributed by atoms with Crippen molar-refractivity contribution in [2.45, 2.75) is 51.8 Å². The van der Waals surface area contributed by atoms with Gasteiger partial charge in [-0.15, -0.1) is 0 Å². The third-order valence-electron chi connectivity index (χ3n) is 5.01. The molecule has 0 saturated heterocycles. The fraction of sp³-hybridized carbons (Fsp3) is 0.381. The summed E-state index contributed by atoms with van der Waals surface area (Å²) in [6.45, 7) is 7.17. The SMILES string of the molecule is CCC(C(=O)O)c1cc(Cc2c(C)cc(C(C)(O)[PH+]=O)cc2C)ccc1O. The Kier molecular flexibility index (Phi) is 6.40. The topological polar surface area (TPSA) is 94.8 Å². The van der Waals surface area contributed by atoms with E-state index in [1.54, 1.807) is 25.1 Å². The van der Waals surface area contributed by atoms with Gasteiger partial charge in [0.05, 0.1) is 5.92 Å². The molecule has 2 aromatic rings. The first kappa shape index (κ1) is 21.1. The van der Waals surface area contributed by atoms with E-state index in [4.69, 9.17) is 0 Å². The third kappa shape index (κ3) is 4.55. The van der Waals surface area contributed by atoms with Crippen LogP contribution in [0.15, 0.2) is 30.3 Å². The Morgan fingerprint density at radius 3 is 2.26 bits per heavy atom. The van der Waals surface area contributed by atoms with E-state index in [0.29, 0.717) is 24.0 Å². The van der Waals surface area contributed by atoms with Gasteiger partial charge in [-0.05, 0) is 67.1 Å². The molecule has 2 aromatic carbocycles. The summed E-state index contributed by atoms with van der Waals surface area (Å²) in [6.07, 6.45) is 0.966. The van der Waals surface area contributed by atoms with Crippen LogP contribution in [0.1, 0.15) is 59.6 Å². The van der Waals surface area contributed by atoms with Crippen molar-refractivity contribution < 1.29 is 24.7 Å². The fourth-order valence-electron chi connectivity index (χ4n) is 3.34. The molecule has 3 atom stereocenters. The highest BCUT2D eigenvalue weighted by Gasteiger charge is 2.32. The van der Waals surface area contributed by atoms with Gasteiger partial charge in [0.1, 0.15) is 5.75 Å². The summed E-state index contributed by atoms with van der Waals surface area (Å²) in [5.41, 5.74) is 4.91. The monoisotopic (exact) mass is 389 g/mol. The van der Waals surface area contributed by atoms with Crippen LogP contribution in [0.5, 0.6) is 5.75 Å². The van der Waals surface area contributed by atoms with Crippen LogP contribution in [-0.2, 0) is 21.1 Å². The molecule has 5 nitrogen and oxygen atoms in total. The largest absolute Gasteiger partial charge is 0.508 e. The van der Waals surface area contributed by atoms with Crippen molar-refractivity contribution in [3.63, 3.8) is 0 Å². The summed E-state index contributed by atoms with van der Waals surface area (Å²) >= 11 is 0. The van der Waals surface area contributed by atoms with E-state index in [2.05, 4.69) is 0 Å². The summed E-state index contributed by atoms with van der Waals surface area (Å²) in [6, 6.07) is 8.74. The van der Waals surface area contributed by atoms with Crippen LogP contribution in [0.4, 0.5) is 0 Å². The standard InChI is InChI=1S/C21H25O5P/c1-5-16(20(23)24)18-11-14(6-7-19(18)22)10-17-12(2)8-15(9-13(17)3)21(4,25)27-26/h6-9,11,16,22,25H,5,10H2,1-4H3,(H,23,24)/p+1. The summed E-state index contributed by atoms with van der Waals surface area (Å²) in [5.74, 6) is -1.71. The molecule has 0 fully saturated rings. The van der Waals surface area contributed by atoms with Crippen molar-refractivity contribution in [3.8, 4) is 5.75 Å². The van der Waals surface area contributed by atoms with Gasteiger partial charge >= 0.3 is 14.4 Å². The molecule has 0 aliphatic carbocycles. The number of aliphatic hydroxyl groups is 1. The van der Waals surface area contributed by atoms with E-state index < -0.39 is 25.7 Å². The summed E-state index contributed by atoms with van der Waals surface area (Å²) in [7, 11) is -0.862. The number of hydrogen-bond donors (Lipinski definition) is 3. The molecule has 0 saturated carbocycles. The van der Waals surface area contributed by atoms with Crippen LogP contribution >= 0.6 is 8.46 Å². The average molecular weight is 389 g/mol. The number of aliphatic carboxylic acids is 1. The van der Waals surface area contributed by atoms with Gasteiger partial charge in [-0.2, -0.15) is 0 Å². The van der Waals surface area contributed by atoms with E-state index in [1.807, 2.05) is 26.0 Å². The van der Waals surface area contributed by atoms with Crippen molar-refractivity contribution in [3.05, 3.63) is 63.7 Å². The Balaban J connectivity index is 2.43. The normalized spacial score (nSPS) is 14.7. The summed E-state index contributed by atoms with van der Waals surface area (Å²) in [5, 5.41) is 28.4. The van der Waals surface area contributed by atoms with Gasteiger partial charge < -0.3 is 15.3 Å². The number of aromatic hydroxyl groups is 1. The number of carboxylic acids is 1. The van der Waals surface area contributed by atoms with Crippen LogP contribution in [0.3, 0.4) is 0 Å². The minimum Gasteiger partial charge on any atom is -0.508 e. The highest BCUT2D eigenvalue weighted by molar-refractivity contribution is 7.25. The van der Waals surface area contributed by atoms with Crippen LogP contribution in [0.2, 0.25) is 0 Å². The Morgan fingerprint density at radius 2 is 1.78 bits per heavy atom. The predicted molar refractivity (Wildman–Crippen MR) is 106 cm³/mol. The van der Waals surface area contributed by atoms with E-state index >= 15 is 0 Å².